The van der Waals surface area contributed by atoms with Gasteiger partial charge in [0.15, 0.2) is 0 Å². The number of carbonyl (C=O) groups excluding carboxylic acids is 1. The molecule has 3 aromatic rings. The lowest BCUT2D eigenvalue weighted by Gasteiger charge is -2.23. The number of fused-ring (bicyclic) bond motifs is 1. The molecule has 0 bridgehead atoms. The fourth-order valence-corrected chi connectivity index (χ4v) is 4.34. The maximum Gasteiger partial charge on any atom is 0.246 e. The van der Waals surface area contributed by atoms with Crippen LogP contribution in [-0.2, 0) is 11.2 Å². The molecule has 1 aliphatic heterocycles. The van der Waals surface area contributed by atoms with Crippen molar-refractivity contribution in [3.8, 4) is 0 Å². The Kier molecular flexibility index (Phi) is 4.80. The fourth-order valence-electron chi connectivity index (χ4n) is 3.47. The van der Waals surface area contributed by atoms with Crippen LogP contribution in [0.5, 0.6) is 0 Å². The van der Waals surface area contributed by atoms with Gasteiger partial charge in [-0.15, -0.1) is 11.3 Å². The van der Waals surface area contributed by atoms with Crippen molar-refractivity contribution in [1.82, 2.24) is 9.88 Å². The zero-order valence-corrected chi connectivity index (χ0v) is 15.1. The molecule has 2 aromatic carbocycles. The predicted molar refractivity (Wildman–Crippen MR) is 103 cm³/mol. The standard InChI is InChI=1S/C21H19FN2OS/c22-16-6-3-5-15(13-16)14-17-7-4-12-24(17)21(25)11-10-20-23-18-8-1-2-9-19(18)26-20/h1-3,5-6,8-11,13,17H,4,7,12,14H2/b11-10+. The lowest BCUT2D eigenvalue weighted by Crippen LogP contribution is -2.35. The fraction of sp³-hybridized carbons (Fsp3) is 0.238. The molecular formula is C21H19FN2OS. The quantitative estimate of drug-likeness (QED) is 0.628. The molecule has 5 heteroatoms. The van der Waals surface area contributed by atoms with E-state index in [1.807, 2.05) is 35.2 Å². The highest BCUT2D eigenvalue weighted by Gasteiger charge is 2.27. The smallest absolute Gasteiger partial charge is 0.246 e. The molecule has 26 heavy (non-hydrogen) atoms. The van der Waals surface area contributed by atoms with Crippen LogP contribution in [0.3, 0.4) is 0 Å². The molecule has 0 N–H and O–H groups in total. The Morgan fingerprint density at radius 2 is 2.15 bits per heavy atom. The highest BCUT2D eigenvalue weighted by Crippen LogP contribution is 2.24. The zero-order valence-electron chi connectivity index (χ0n) is 14.3. The molecule has 0 radical (unpaired) electrons. The Bertz CT molecular complexity index is 932. The van der Waals surface area contributed by atoms with E-state index in [0.717, 1.165) is 40.2 Å². The number of para-hydroxylation sites is 1. The van der Waals surface area contributed by atoms with E-state index in [4.69, 9.17) is 0 Å². The van der Waals surface area contributed by atoms with Crippen molar-refractivity contribution < 1.29 is 9.18 Å². The summed E-state index contributed by atoms with van der Waals surface area (Å²) in [6.07, 6.45) is 6.04. The summed E-state index contributed by atoms with van der Waals surface area (Å²) in [7, 11) is 0. The van der Waals surface area contributed by atoms with Gasteiger partial charge in [0, 0.05) is 18.7 Å². The van der Waals surface area contributed by atoms with E-state index in [0.29, 0.717) is 6.42 Å². The van der Waals surface area contributed by atoms with Crippen molar-refractivity contribution in [1.29, 1.82) is 0 Å². The number of hydrogen-bond acceptors (Lipinski definition) is 3. The molecule has 1 amide bonds. The van der Waals surface area contributed by atoms with E-state index < -0.39 is 0 Å². The maximum absolute atomic E-state index is 13.4. The Labute approximate surface area is 155 Å². The molecule has 0 aliphatic carbocycles. The summed E-state index contributed by atoms with van der Waals surface area (Å²) >= 11 is 1.58. The van der Waals surface area contributed by atoms with Crippen LogP contribution in [0, 0.1) is 5.82 Å². The summed E-state index contributed by atoms with van der Waals surface area (Å²) in [5.41, 5.74) is 1.89. The molecule has 132 valence electrons. The van der Waals surface area contributed by atoms with Gasteiger partial charge >= 0.3 is 0 Å². The molecule has 1 fully saturated rings. The third-order valence-corrected chi connectivity index (χ3v) is 5.70. The first-order valence-electron chi connectivity index (χ1n) is 8.78. The maximum atomic E-state index is 13.4. The second kappa shape index (κ2) is 7.38. The lowest BCUT2D eigenvalue weighted by atomic mass is 10.0. The van der Waals surface area contributed by atoms with Crippen molar-refractivity contribution in [2.45, 2.75) is 25.3 Å². The van der Waals surface area contributed by atoms with Crippen LogP contribution in [0.4, 0.5) is 4.39 Å². The highest BCUT2D eigenvalue weighted by atomic mass is 32.1. The Morgan fingerprint density at radius 3 is 3.00 bits per heavy atom. The molecule has 1 aromatic heterocycles. The summed E-state index contributed by atoms with van der Waals surface area (Å²) in [5.74, 6) is -0.225. The first-order valence-corrected chi connectivity index (χ1v) is 9.59. The van der Waals surface area contributed by atoms with Gasteiger partial charge in [0.25, 0.3) is 0 Å². The van der Waals surface area contributed by atoms with Crippen LogP contribution in [0.1, 0.15) is 23.4 Å². The van der Waals surface area contributed by atoms with Crippen LogP contribution in [0.2, 0.25) is 0 Å². The predicted octanol–water partition coefficient (Wildman–Crippen LogP) is 4.68. The van der Waals surface area contributed by atoms with Gasteiger partial charge in [-0.1, -0.05) is 24.3 Å². The Morgan fingerprint density at radius 1 is 1.27 bits per heavy atom. The second-order valence-corrected chi connectivity index (χ2v) is 7.58. The van der Waals surface area contributed by atoms with Gasteiger partial charge in [0.2, 0.25) is 5.91 Å². The summed E-state index contributed by atoms with van der Waals surface area (Å²) in [5, 5.41) is 0.834. The Balaban J connectivity index is 1.46. The molecule has 3 nitrogen and oxygen atoms in total. The summed E-state index contributed by atoms with van der Waals surface area (Å²) in [6.45, 7) is 0.753. The van der Waals surface area contributed by atoms with E-state index in [-0.39, 0.29) is 17.8 Å². The van der Waals surface area contributed by atoms with Gasteiger partial charge in [-0.25, -0.2) is 9.37 Å². The topological polar surface area (TPSA) is 33.2 Å². The third kappa shape index (κ3) is 3.68. The van der Waals surface area contributed by atoms with Gasteiger partial charge in [-0.05, 0) is 55.2 Å². The number of amides is 1. The third-order valence-electron chi connectivity index (χ3n) is 4.70. The molecule has 1 unspecified atom stereocenters. The number of benzene rings is 2. The van der Waals surface area contributed by atoms with Gasteiger partial charge in [0.1, 0.15) is 10.8 Å². The molecule has 1 saturated heterocycles. The second-order valence-electron chi connectivity index (χ2n) is 6.51. The van der Waals surface area contributed by atoms with E-state index in [9.17, 15) is 9.18 Å². The SMILES string of the molecule is O=C(/C=C/c1nc2ccccc2s1)N1CCCC1Cc1cccc(F)c1. The summed E-state index contributed by atoms with van der Waals surface area (Å²) in [6, 6.07) is 14.7. The van der Waals surface area contributed by atoms with Crippen LogP contribution in [0.15, 0.2) is 54.6 Å². The number of thiazole rings is 1. The van der Waals surface area contributed by atoms with Crippen molar-refractivity contribution in [2.75, 3.05) is 6.54 Å². The number of halogens is 1. The molecular weight excluding hydrogens is 347 g/mol. The van der Waals surface area contributed by atoms with E-state index >= 15 is 0 Å². The number of likely N-dealkylation sites (tertiary alicyclic amines) is 1. The number of aromatic nitrogens is 1. The Hall–Kier alpha value is -2.53. The monoisotopic (exact) mass is 366 g/mol. The van der Waals surface area contributed by atoms with Crippen molar-refractivity contribution in [3.05, 3.63) is 71.0 Å². The van der Waals surface area contributed by atoms with E-state index in [1.165, 1.54) is 6.07 Å². The molecule has 0 spiro atoms. The normalized spacial score (nSPS) is 17.4. The average molecular weight is 366 g/mol. The molecule has 1 atom stereocenters. The molecule has 2 heterocycles. The van der Waals surface area contributed by atoms with Crippen LogP contribution in [-0.4, -0.2) is 28.4 Å². The van der Waals surface area contributed by atoms with Crippen molar-refractivity contribution in [3.63, 3.8) is 0 Å². The first kappa shape index (κ1) is 16.9. The van der Waals surface area contributed by atoms with Gasteiger partial charge in [-0.2, -0.15) is 0 Å². The molecule has 0 saturated carbocycles. The molecule has 1 aliphatic rings. The number of hydrogen-bond donors (Lipinski definition) is 0. The minimum Gasteiger partial charge on any atom is -0.336 e. The summed E-state index contributed by atoms with van der Waals surface area (Å²) < 4.78 is 14.5. The zero-order chi connectivity index (χ0) is 17.9. The van der Waals surface area contributed by atoms with E-state index in [2.05, 4.69) is 4.98 Å². The summed E-state index contributed by atoms with van der Waals surface area (Å²) in [4.78, 5) is 19.1. The number of rotatable bonds is 4. The number of carbonyl (C=O) groups is 1. The minimum atomic E-state index is -0.228. The largest absolute Gasteiger partial charge is 0.336 e. The first-order chi connectivity index (χ1) is 12.7. The highest BCUT2D eigenvalue weighted by molar-refractivity contribution is 7.19. The lowest BCUT2D eigenvalue weighted by molar-refractivity contribution is -0.126. The van der Waals surface area contributed by atoms with E-state index in [1.54, 1.807) is 35.6 Å². The minimum absolute atomic E-state index is 0.00293. The molecule has 4 rings (SSSR count). The number of nitrogens with zero attached hydrogens (tertiary/aromatic N) is 2. The van der Waals surface area contributed by atoms with Crippen LogP contribution >= 0.6 is 11.3 Å². The van der Waals surface area contributed by atoms with Gasteiger partial charge in [0.05, 0.1) is 10.2 Å². The van der Waals surface area contributed by atoms with Crippen LogP contribution < -0.4 is 0 Å². The van der Waals surface area contributed by atoms with Crippen molar-refractivity contribution >= 4 is 33.5 Å². The van der Waals surface area contributed by atoms with Gasteiger partial charge < -0.3 is 4.90 Å². The van der Waals surface area contributed by atoms with Crippen LogP contribution in [0.25, 0.3) is 16.3 Å². The average Bonchev–Trinajstić information content (AvgIpc) is 3.26. The van der Waals surface area contributed by atoms with Gasteiger partial charge in [-0.3, -0.25) is 4.79 Å². The van der Waals surface area contributed by atoms with Crippen molar-refractivity contribution in [2.24, 2.45) is 0 Å².